The number of aromatic nitrogens is 2. The highest BCUT2D eigenvalue weighted by molar-refractivity contribution is 6.04. The fourth-order valence-electron chi connectivity index (χ4n) is 1.17. The largest absolute Gasteiger partial charge is 0.319 e. The predicted octanol–water partition coefficient (Wildman–Crippen LogP) is 1.87. The lowest BCUT2D eigenvalue weighted by atomic mass is 10.2. The second-order valence-electron chi connectivity index (χ2n) is 3.09. The smallest absolute Gasteiger partial charge is 0.255 e. The highest BCUT2D eigenvalue weighted by atomic mass is 19.1. The Labute approximate surface area is 91.2 Å². The SMILES string of the molecule is O=C(Nc1cncnc1)c1ccc(F)cc1. The Balaban J connectivity index is 2.12. The van der Waals surface area contributed by atoms with Crippen LogP contribution in [0.2, 0.25) is 0 Å². The van der Waals surface area contributed by atoms with Crippen molar-refractivity contribution < 1.29 is 9.18 Å². The molecule has 1 aromatic heterocycles. The van der Waals surface area contributed by atoms with Gasteiger partial charge in [0.15, 0.2) is 0 Å². The van der Waals surface area contributed by atoms with E-state index in [2.05, 4.69) is 15.3 Å². The van der Waals surface area contributed by atoms with E-state index < -0.39 is 0 Å². The minimum absolute atomic E-state index is 0.324. The van der Waals surface area contributed by atoms with Crippen molar-refractivity contribution in [2.75, 3.05) is 5.32 Å². The average Bonchev–Trinajstić information content (AvgIpc) is 2.31. The molecule has 0 aliphatic rings. The highest BCUT2D eigenvalue weighted by Gasteiger charge is 2.05. The molecule has 0 unspecified atom stereocenters. The average molecular weight is 217 g/mol. The van der Waals surface area contributed by atoms with Crippen molar-refractivity contribution in [3.05, 3.63) is 54.4 Å². The molecular weight excluding hydrogens is 209 g/mol. The molecule has 16 heavy (non-hydrogen) atoms. The quantitative estimate of drug-likeness (QED) is 0.835. The molecule has 2 rings (SSSR count). The first kappa shape index (κ1) is 10.2. The molecule has 0 aliphatic heterocycles. The molecule has 0 fully saturated rings. The molecule has 2 aromatic rings. The van der Waals surface area contributed by atoms with Crippen molar-refractivity contribution in [1.82, 2.24) is 9.97 Å². The molecule has 0 saturated carbocycles. The molecule has 0 radical (unpaired) electrons. The van der Waals surface area contributed by atoms with Gasteiger partial charge in [-0.15, -0.1) is 0 Å². The number of halogens is 1. The molecule has 0 spiro atoms. The number of nitrogens with one attached hydrogen (secondary N) is 1. The van der Waals surface area contributed by atoms with Crippen LogP contribution in [0.1, 0.15) is 10.4 Å². The van der Waals surface area contributed by atoms with E-state index in [1.54, 1.807) is 0 Å². The highest BCUT2D eigenvalue weighted by Crippen LogP contribution is 2.07. The number of benzene rings is 1. The summed E-state index contributed by atoms with van der Waals surface area (Å²) in [6, 6.07) is 5.29. The van der Waals surface area contributed by atoms with Crippen LogP contribution in [0.25, 0.3) is 0 Å². The van der Waals surface area contributed by atoms with E-state index in [1.807, 2.05) is 0 Å². The summed E-state index contributed by atoms with van der Waals surface area (Å²) >= 11 is 0. The maximum absolute atomic E-state index is 12.6. The number of nitrogens with zero attached hydrogens (tertiary/aromatic N) is 2. The summed E-state index contributed by atoms with van der Waals surface area (Å²) in [6.07, 6.45) is 4.33. The second-order valence-corrected chi connectivity index (χ2v) is 3.09. The number of carbonyl (C=O) groups excluding carboxylic acids is 1. The molecule has 4 nitrogen and oxygen atoms in total. The molecule has 0 saturated heterocycles. The number of carbonyl (C=O) groups is 1. The van der Waals surface area contributed by atoms with Crippen molar-refractivity contribution >= 4 is 11.6 Å². The van der Waals surface area contributed by atoms with Crippen LogP contribution in [-0.2, 0) is 0 Å². The Morgan fingerprint density at radius 3 is 2.38 bits per heavy atom. The maximum atomic E-state index is 12.6. The molecule has 1 aromatic carbocycles. The summed E-state index contributed by atoms with van der Waals surface area (Å²) in [5.74, 6) is -0.700. The fourth-order valence-corrected chi connectivity index (χ4v) is 1.17. The lowest BCUT2D eigenvalue weighted by molar-refractivity contribution is 0.102. The molecule has 1 amide bonds. The lowest BCUT2D eigenvalue weighted by Crippen LogP contribution is -2.12. The molecule has 5 heteroatoms. The first-order valence-corrected chi connectivity index (χ1v) is 4.57. The lowest BCUT2D eigenvalue weighted by Gasteiger charge is -2.03. The van der Waals surface area contributed by atoms with Gasteiger partial charge in [-0.05, 0) is 24.3 Å². The van der Waals surface area contributed by atoms with Gasteiger partial charge in [0.2, 0.25) is 0 Å². The van der Waals surface area contributed by atoms with Gasteiger partial charge in [-0.25, -0.2) is 14.4 Å². The van der Waals surface area contributed by atoms with E-state index in [0.717, 1.165) is 0 Å². The van der Waals surface area contributed by atoms with Gasteiger partial charge in [0, 0.05) is 5.56 Å². The molecule has 80 valence electrons. The monoisotopic (exact) mass is 217 g/mol. The molecule has 0 bridgehead atoms. The topological polar surface area (TPSA) is 54.9 Å². The van der Waals surface area contributed by atoms with Gasteiger partial charge in [-0.2, -0.15) is 0 Å². The maximum Gasteiger partial charge on any atom is 0.255 e. The van der Waals surface area contributed by atoms with Gasteiger partial charge in [0.25, 0.3) is 5.91 Å². The van der Waals surface area contributed by atoms with Crippen LogP contribution >= 0.6 is 0 Å². The van der Waals surface area contributed by atoms with E-state index >= 15 is 0 Å². The normalized spacial score (nSPS) is 9.81. The number of hydrogen-bond donors (Lipinski definition) is 1. The van der Waals surface area contributed by atoms with Crippen LogP contribution in [0, 0.1) is 5.82 Å². The van der Waals surface area contributed by atoms with Gasteiger partial charge < -0.3 is 5.32 Å². The Bertz CT molecular complexity index is 484. The number of rotatable bonds is 2. The Morgan fingerprint density at radius 1 is 1.12 bits per heavy atom. The summed E-state index contributed by atoms with van der Waals surface area (Å²) in [4.78, 5) is 19.2. The Kier molecular flexibility index (Phi) is 2.86. The zero-order chi connectivity index (χ0) is 11.4. The molecule has 0 atom stereocenters. The van der Waals surface area contributed by atoms with Crippen LogP contribution < -0.4 is 5.32 Å². The standard InChI is InChI=1S/C11H8FN3O/c12-9-3-1-8(2-4-9)11(16)15-10-5-13-7-14-6-10/h1-7H,(H,15,16). The van der Waals surface area contributed by atoms with Crippen LogP contribution in [0.15, 0.2) is 43.0 Å². The van der Waals surface area contributed by atoms with E-state index in [1.165, 1.54) is 43.0 Å². The number of hydrogen-bond acceptors (Lipinski definition) is 3. The van der Waals surface area contributed by atoms with Crippen LogP contribution in [0.3, 0.4) is 0 Å². The number of anilines is 1. The van der Waals surface area contributed by atoms with E-state index in [9.17, 15) is 9.18 Å². The summed E-state index contributed by atoms with van der Waals surface area (Å²) in [5.41, 5.74) is 0.877. The molecular formula is C11H8FN3O. The Hall–Kier alpha value is -2.30. The van der Waals surface area contributed by atoms with E-state index in [0.29, 0.717) is 11.3 Å². The Morgan fingerprint density at radius 2 is 1.75 bits per heavy atom. The summed E-state index contributed by atoms with van der Waals surface area (Å²) < 4.78 is 12.6. The zero-order valence-corrected chi connectivity index (χ0v) is 8.22. The van der Waals surface area contributed by atoms with Crippen molar-refractivity contribution in [1.29, 1.82) is 0 Å². The molecule has 0 aliphatic carbocycles. The third-order valence-electron chi connectivity index (χ3n) is 1.92. The van der Waals surface area contributed by atoms with Gasteiger partial charge in [0.05, 0.1) is 18.1 Å². The summed E-state index contributed by atoms with van der Waals surface area (Å²) in [5, 5.41) is 2.59. The molecule has 1 heterocycles. The minimum atomic E-state index is -0.375. The zero-order valence-electron chi connectivity index (χ0n) is 8.22. The minimum Gasteiger partial charge on any atom is -0.319 e. The van der Waals surface area contributed by atoms with Crippen LogP contribution in [-0.4, -0.2) is 15.9 Å². The predicted molar refractivity (Wildman–Crippen MR) is 56.4 cm³/mol. The first-order valence-electron chi connectivity index (χ1n) is 4.57. The third-order valence-corrected chi connectivity index (χ3v) is 1.92. The third kappa shape index (κ3) is 2.38. The number of amides is 1. The van der Waals surface area contributed by atoms with Gasteiger partial charge >= 0.3 is 0 Å². The second kappa shape index (κ2) is 4.48. The van der Waals surface area contributed by atoms with Crippen molar-refractivity contribution in [2.45, 2.75) is 0 Å². The van der Waals surface area contributed by atoms with Gasteiger partial charge in [-0.3, -0.25) is 4.79 Å². The van der Waals surface area contributed by atoms with Crippen molar-refractivity contribution in [3.8, 4) is 0 Å². The van der Waals surface area contributed by atoms with Gasteiger partial charge in [0.1, 0.15) is 12.1 Å². The summed E-state index contributed by atoms with van der Waals surface area (Å²) in [7, 11) is 0. The van der Waals surface area contributed by atoms with E-state index in [4.69, 9.17) is 0 Å². The molecule has 1 N–H and O–H groups in total. The van der Waals surface area contributed by atoms with Crippen molar-refractivity contribution in [2.24, 2.45) is 0 Å². The van der Waals surface area contributed by atoms with Gasteiger partial charge in [-0.1, -0.05) is 0 Å². The summed E-state index contributed by atoms with van der Waals surface area (Å²) in [6.45, 7) is 0. The first-order chi connectivity index (χ1) is 7.75. The fraction of sp³-hybridized carbons (Fsp3) is 0. The van der Waals surface area contributed by atoms with Crippen LogP contribution in [0.4, 0.5) is 10.1 Å². The van der Waals surface area contributed by atoms with E-state index in [-0.39, 0.29) is 11.7 Å². The van der Waals surface area contributed by atoms with Crippen LogP contribution in [0.5, 0.6) is 0 Å². The van der Waals surface area contributed by atoms with Crippen molar-refractivity contribution in [3.63, 3.8) is 0 Å².